The van der Waals surface area contributed by atoms with Crippen LogP contribution in [0.1, 0.15) is 55.5 Å². The summed E-state index contributed by atoms with van der Waals surface area (Å²) in [5.74, 6) is 1.43. The molecule has 0 aromatic carbocycles. The van der Waals surface area contributed by atoms with Gasteiger partial charge < -0.3 is 9.32 Å². The molecule has 4 rings (SSSR count). The standard InChI is InChI=1S/C18H23N5O3S/c1-4-14-20-21-18(27-14)23-8-11(7-15(23)24)17(25)22-6-5-13-12(9-22)19-16(26-13)10(2)3/h10-11H,4-9H2,1-3H3. The van der Waals surface area contributed by atoms with E-state index in [1.807, 2.05) is 20.8 Å². The molecule has 2 aliphatic rings. The van der Waals surface area contributed by atoms with E-state index in [2.05, 4.69) is 15.2 Å². The highest BCUT2D eigenvalue weighted by Crippen LogP contribution is 2.30. The lowest BCUT2D eigenvalue weighted by Gasteiger charge is -2.27. The first kappa shape index (κ1) is 18.1. The number of hydrogen-bond donors (Lipinski definition) is 0. The van der Waals surface area contributed by atoms with E-state index in [0.29, 0.717) is 31.2 Å². The molecule has 0 saturated carbocycles. The summed E-state index contributed by atoms with van der Waals surface area (Å²) < 4.78 is 5.80. The topological polar surface area (TPSA) is 92.4 Å². The second-order valence-corrected chi connectivity index (χ2v) is 8.36. The molecule has 0 bridgehead atoms. The summed E-state index contributed by atoms with van der Waals surface area (Å²) in [7, 11) is 0. The van der Waals surface area contributed by atoms with Crippen LogP contribution in [0.4, 0.5) is 5.13 Å². The Balaban J connectivity index is 1.45. The van der Waals surface area contributed by atoms with Crippen LogP contribution in [0, 0.1) is 5.92 Å². The normalized spacial score (nSPS) is 19.9. The lowest BCUT2D eigenvalue weighted by molar-refractivity contribution is -0.136. The number of carbonyl (C=O) groups is 2. The summed E-state index contributed by atoms with van der Waals surface area (Å²) in [6, 6.07) is 0. The third-order valence-electron chi connectivity index (χ3n) is 5.01. The van der Waals surface area contributed by atoms with Gasteiger partial charge in [-0.05, 0) is 6.42 Å². The van der Waals surface area contributed by atoms with Crippen LogP contribution < -0.4 is 4.90 Å². The van der Waals surface area contributed by atoms with Gasteiger partial charge in [-0.3, -0.25) is 14.5 Å². The average molecular weight is 389 g/mol. The SMILES string of the molecule is CCc1nnc(N2CC(C(=O)N3CCc4oc(C(C)C)nc4C3)CC2=O)s1. The number of aromatic nitrogens is 3. The van der Waals surface area contributed by atoms with E-state index >= 15 is 0 Å². The predicted molar refractivity (Wildman–Crippen MR) is 99.5 cm³/mol. The van der Waals surface area contributed by atoms with E-state index in [0.717, 1.165) is 28.8 Å². The molecule has 2 aromatic heterocycles. The molecule has 9 heteroatoms. The molecule has 1 atom stereocenters. The van der Waals surface area contributed by atoms with Crippen molar-refractivity contribution in [3.63, 3.8) is 0 Å². The van der Waals surface area contributed by atoms with Gasteiger partial charge in [-0.25, -0.2) is 4.98 Å². The predicted octanol–water partition coefficient (Wildman–Crippen LogP) is 2.15. The maximum Gasteiger partial charge on any atom is 0.229 e. The van der Waals surface area contributed by atoms with Gasteiger partial charge in [0.2, 0.25) is 16.9 Å². The van der Waals surface area contributed by atoms with Crippen LogP contribution in [0.25, 0.3) is 0 Å². The highest BCUT2D eigenvalue weighted by Gasteiger charge is 2.39. The molecule has 1 saturated heterocycles. The van der Waals surface area contributed by atoms with Crippen molar-refractivity contribution in [2.75, 3.05) is 18.0 Å². The number of oxazole rings is 1. The van der Waals surface area contributed by atoms with Crippen molar-refractivity contribution >= 4 is 28.3 Å². The molecule has 1 unspecified atom stereocenters. The molecule has 8 nitrogen and oxygen atoms in total. The van der Waals surface area contributed by atoms with Gasteiger partial charge in [0.1, 0.15) is 16.5 Å². The summed E-state index contributed by atoms with van der Waals surface area (Å²) in [6.45, 7) is 7.50. The van der Waals surface area contributed by atoms with Crippen molar-refractivity contribution in [2.24, 2.45) is 5.92 Å². The van der Waals surface area contributed by atoms with Crippen molar-refractivity contribution in [3.8, 4) is 0 Å². The van der Waals surface area contributed by atoms with Crippen LogP contribution in [0.15, 0.2) is 4.42 Å². The minimum absolute atomic E-state index is 0.00540. The fourth-order valence-electron chi connectivity index (χ4n) is 3.47. The van der Waals surface area contributed by atoms with Crippen LogP contribution in [0.5, 0.6) is 0 Å². The van der Waals surface area contributed by atoms with Gasteiger partial charge in [0.05, 0.1) is 12.5 Å². The van der Waals surface area contributed by atoms with Gasteiger partial charge >= 0.3 is 0 Å². The summed E-state index contributed by atoms with van der Waals surface area (Å²) in [5.41, 5.74) is 0.844. The highest BCUT2D eigenvalue weighted by atomic mass is 32.1. The molecule has 0 spiro atoms. The zero-order chi connectivity index (χ0) is 19.1. The van der Waals surface area contributed by atoms with Crippen molar-refractivity contribution in [1.29, 1.82) is 0 Å². The van der Waals surface area contributed by atoms with Gasteiger partial charge in [-0.15, -0.1) is 10.2 Å². The lowest BCUT2D eigenvalue weighted by atomic mass is 10.0. The molecule has 4 heterocycles. The zero-order valence-electron chi connectivity index (χ0n) is 15.8. The van der Waals surface area contributed by atoms with Crippen molar-refractivity contribution < 1.29 is 14.0 Å². The first-order valence-corrected chi connectivity index (χ1v) is 10.2. The Kier molecular flexibility index (Phi) is 4.71. The van der Waals surface area contributed by atoms with Crippen molar-refractivity contribution in [3.05, 3.63) is 22.4 Å². The summed E-state index contributed by atoms with van der Waals surface area (Å²) in [4.78, 5) is 33.3. The number of carbonyl (C=O) groups excluding carboxylic acids is 2. The van der Waals surface area contributed by atoms with Crippen LogP contribution in [-0.4, -0.2) is 45.0 Å². The van der Waals surface area contributed by atoms with Crippen LogP contribution >= 0.6 is 11.3 Å². The molecule has 144 valence electrons. The summed E-state index contributed by atoms with van der Waals surface area (Å²) in [6.07, 6.45) is 1.68. The molecule has 1 fully saturated rings. The fraction of sp³-hybridized carbons (Fsp3) is 0.611. The van der Waals surface area contributed by atoms with Crippen LogP contribution in [-0.2, 0) is 29.0 Å². The Labute approximate surface area is 161 Å². The van der Waals surface area contributed by atoms with E-state index in [-0.39, 0.29) is 30.1 Å². The van der Waals surface area contributed by atoms with Gasteiger partial charge in [0.25, 0.3) is 0 Å². The zero-order valence-corrected chi connectivity index (χ0v) is 16.6. The average Bonchev–Trinajstić information content (AvgIpc) is 3.37. The Morgan fingerprint density at radius 2 is 2.19 bits per heavy atom. The Morgan fingerprint density at radius 1 is 1.37 bits per heavy atom. The number of fused-ring (bicyclic) bond motifs is 1. The van der Waals surface area contributed by atoms with E-state index in [9.17, 15) is 9.59 Å². The highest BCUT2D eigenvalue weighted by molar-refractivity contribution is 7.15. The molecular weight excluding hydrogens is 366 g/mol. The molecular formula is C18H23N5O3S. The lowest BCUT2D eigenvalue weighted by Crippen LogP contribution is -2.40. The first-order chi connectivity index (χ1) is 13.0. The smallest absolute Gasteiger partial charge is 0.229 e. The minimum atomic E-state index is -0.343. The number of aryl methyl sites for hydroxylation is 1. The molecule has 0 aliphatic carbocycles. The summed E-state index contributed by atoms with van der Waals surface area (Å²) >= 11 is 1.41. The Hall–Kier alpha value is -2.29. The van der Waals surface area contributed by atoms with Crippen LogP contribution in [0.2, 0.25) is 0 Å². The molecule has 0 radical (unpaired) electrons. The fourth-order valence-corrected chi connectivity index (χ4v) is 4.27. The van der Waals surface area contributed by atoms with E-state index in [1.54, 1.807) is 9.80 Å². The number of amides is 2. The number of nitrogens with zero attached hydrogens (tertiary/aromatic N) is 5. The Bertz CT molecular complexity index is 874. The molecule has 2 aromatic rings. The maximum atomic E-state index is 13.0. The molecule has 0 N–H and O–H groups in total. The number of hydrogen-bond acceptors (Lipinski definition) is 7. The number of anilines is 1. The van der Waals surface area contributed by atoms with Gasteiger partial charge in [0, 0.05) is 31.8 Å². The molecule has 2 amide bonds. The van der Waals surface area contributed by atoms with E-state index < -0.39 is 0 Å². The minimum Gasteiger partial charge on any atom is -0.445 e. The third kappa shape index (κ3) is 3.36. The quantitative estimate of drug-likeness (QED) is 0.796. The monoisotopic (exact) mass is 389 g/mol. The maximum absolute atomic E-state index is 13.0. The van der Waals surface area contributed by atoms with Gasteiger partial charge in [0.15, 0.2) is 5.89 Å². The molecule has 2 aliphatic heterocycles. The Morgan fingerprint density at radius 3 is 2.89 bits per heavy atom. The van der Waals surface area contributed by atoms with Crippen molar-refractivity contribution in [1.82, 2.24) is 20.1 Å². The van der Waals surface area contributed by atoms with Crippen molar-refractivity contribution in [2.45, 2.75) is 52.5 Å². The van der Waals surface area contributed by atoms with E-state index in [4.69, 9.17) is 4.42 Å². The van der Waals surface area contributed by atoms with E-state index in [1.165, 1.54) is 11.3 Å². The second kappa shape index (κ2) is 7.03. The third-order valence-corrected chi connectivity index (χ3v) is 6.10. The van der Waals surface area contributed by atoms with Crippen LogP contribution in [0.3, 0.4) is 0 Å². The molecule has 27 heavy (non-hydrogen) atoms. The first-order valence-electron chi connectivity index (χ1n) is 9.36. The summed E-state index contributed by atoms with van der Waals surface area (Å²) in [5, 5.41) is 9.66. The largest absolute Gasteiger partial charge is 0.445 e. The second-order valence-electron chi connectivity index (χ2n) is 7.32. The van der Waals surface area contributed by atoms with Gasteiger partial charge in [-0.1, -0.05) is 32.1 Å². The number of rotatable bonds is 4. The van der Waals surface area contributed by atoms with Gasteiger partial charge in [-0.2, -0.15) is 0 Å².